The molecule has 0 radical (unpaired) electrons. The van der Waals surface area contributed by atoms with Gasteiger partial charge in [0.15, 0.2) is 11.6 Å². The summed E-state index contributed by atoms with van der Waals surface area (Å²) in [7, 11) is 0. The predicted octanol–water partition coefficient (Wildman–Crippen LogP) is 4.71. The molecule has 3 aromatic carbocycles. The average Bonchev–Trinajstić information content (AvgIpc) is 2.73. The Kier molecular flexibility index (Phi) is 4.56. The number of hydrogen-bond acceptors (Lipinski definition) is 3. The zero-order chi connectivity index (χ0) is 20.5. The molecule has 0 unspecified atom stereocenters. The number of carboxylic acid groups (broad SMARTS) is 1. The maximum absolute atomic E-state index is 15.5. The van der Waals surface area contributed by atoms with Crippen LogP contribution in [-0.2, 0) is 0 Å². The summed E-state index contributed by atoms with van der Waals surface area (Å²) in [5.41, 5.74) is -1.30. The van der Waals surface area contributed by atoms with Gasteiger partial charge in [-0.05, 0) is 30.3 Å². The van der Waals surface area contributed by atoms with Crippen LogP contribution in [0.2, 0.25) is 0 Å². The van der Waals surface area contributed by atoms with Crippen molar-refractivity contribution in [3.63, 3.8) is 0 Å². The van der Waals surface area contributed by atoms with E-state index in [1.807, 2.05) is 0 Å². The third-order valence-corrected chi connectivity index (χ3v) is 4.49. The molecule has 1 aromatic heterocycles. The van der Waals surface area contributed by atoms with Crippen LogP contribution in [0.25, 0.3) is 16.6 Å². The lowest BCUT2D eigenvalue weighted by molar-refractivity contribution is 0.0695. The number of rotatable bonds is 4. The minimum Gasteiger partial charge on any atom is -0.477 e. The van der Waals surface area contributed by atoms with Crippen LogP contribution in [0.3, 0.4) is 0 Å². The molecule has 5 nitrogen and oxygen atoms in total. The number of carbonyl (C=O) groups is 1. The second-order valence-corrected chi connectivity index (χ2v) is 6.32. The van der Waals surface area contributed by atoms with Gasteiger partial charge in [0.05, 0.1) is 10.9 Å². The lowest BCUT2D eigenvalue weighted by atomic mass is 10.1. The molecule has 2 N–H and O–H groups in total. The van der Waals surface area contributed by atoms with Crippen molar-refractivity contribution in [1.29, 1.82) is 0 Å². The number of nitrogens with one attached hydrogen (secondary N) is 1. The van der Waals surface area contributed by atoms with Gasteiger partial charge in [0.2, 0.25) is 5.43 Å². The second kappa shape index (κ2) is 7.20. The second-order valence-electron chi connectivity index (χ2n) is 6.32. The molecule has 4 aromatic rings. The van der Waals surface area contributed by atoms with Crippen molar-refractivity contribution in [3.8, 4) is 5.69 Å². The number of nitrogens with zero attached hydrogens (tertiary/aromatic N) is 1. The molecule has 7 heteroatoms. The van der Waals surface area contributed by atoms with Gasteiger partial charge in [-0.2, -0.15) is 0 Å². The highest BCUT2D eigenvalue weighted by Gasteiger charge is 2.22. The molecular formula is C22H14F2N2O3. The first-order valence-corrected chi connectivity index (χ1v) is 8.65. The zero-order valence-corrected chi connectivity index (χ0v) is 14.9. The van der Waals surface area contributed by atoms with E-state index < -0.39 is 34.3 Å². The number of benzene rings is 3. The summed E-state index contributed by atoms with van der Waals surface area (Å²) < 4.78 is 31.4. The van der Waals surface area contributed by atoms with Crippen molar-refractivity contribution in [2.24, 2.45) is 0 Å². The average molecular weight is 392 g/mol. The number of carboxylic acids is 1. The molecule has 0 saturated heterocycles. The summed E-state index contributed by atoms with van der Waals surface area (Å²) in [6.45, 7) is 0. The molecule has 0 bridgehead atoms. The first-order valence-electron chi connectivity index (χ1n) is 8.65. The SMILES string of the molecule is O=C(O)c1cn(-c2ccccc2)c2c(F)c(Nc3ccccc3)c(F)cc2c1=O. The fourth-order valence-electron chi connectivity index (χ4n) is 3.14. The Balaban J connectivity index is 2.07. The van der Waals surface area contributed by atoms with Crippen LogP contribution >= 0.6 is 0 Å². The number of anilines is 2. The summed E-state index contributed by atoms with van der Waals surface area (Å²) in [6, 6.07) is 17.7. The number of para-hydroxylation sites is 2. The minimum absolute atomic E-state index is 0.217. The van der Waals surface area contributed by atoms with Crippen LogP contribution < -0.4 is 10.7 Å². The fourth-order valence-corrected chi connectivity index (χ4v) is 3.14. The van der Waals surface area contributed by atoms with Crippen LogP contribution in [0.5, 0.6) is 0 Å². The van der Waals surface area contributed by atoms with E-state index >= 15 is 4.39 Å². The van der Waals surface area contributed by atoms with E-state index in [0.717, 1.165) is 12.3 Å². The van der Waals surface area contributed by atoms with Gasteiger partial charge < -0.3 is 15.0 Å². The summed E-state index contributed by atoms with van der Waals surface area (Å²) in [5.74, 6) is -3.48. The normalized spacial score (nSPS) is 10.8. The van der Waals surface area contributed by atoms with E-state index in [1.165, 1.54) is 4.57 Å². The van der Waals surface area contributed by atoms with Crippen molar-refractivity contribution < 1.29 is 18.7 Å². The largest absolute Gasteiger partial charge is 0.477 e. The van der Waals surface area contributed by atoms with Crippen molar-refractivity contribution in [2.45, 2.75) is 0 Å². The van der Waals surface area contributed by atoms with Crippen molar-refractivity contribution in [3.05, 3.63) is 100 Å². The smallest absolute Gasteiger partial charge is 0.341 e. The molecule has 4 rings (SSSR count). The van der Waals surface area contributed by atoms with E-state index in [1.54, 1.807) is 60.7 Å². The van der Waals surface area contributed by atoms with Crippen LogP contribution in [0.4, 0.5) is 20.2 Å². The fraction of sp³-hybridized carbons (Fsp3) is 0. The third-order valence-electron chi connectivity index (χ3n) is 4.49. The van der Waals surface area contributed by atoms with Gasteiger partial charge >= 0.3 is 5.97 Å². The molecule has 0 atom stereocenters. The summed E-state index contributed by atoms with van der Waals surface area (Å²) >= 11 is 0. The van der Waals surface area contributed by atoms with Crippen molar-refractivity contribution >= 4 is 28.2 Å². The number of aromatic nitrogens is 1. The van der Waals surface area contributed by atoms with E-state index in [2.05, 4.69) is 5.32 Å². The zero-order valence-electron chi connectivity index (χ0n) is 14.9. The molecule has 29 heavy (non-hydrogen) atoms. The Morgan fingerprint density at radius 3 is 2.21 bits per heavy atom. The lowest BCUT2D eigenvalue weighted by Gasteiger charge is -2.16. The highest BCUT2D eigenvalue weighted by Crippen LogP contribution is 2.30. The molecule has 1 heterocycles. The predicted molar refractivity (Wildman–Crippen MR) is 106 cm³/mol. The molecule has 144 valence electrons. The summed E-state index contributed by atoms with van der Waals surface area (Å²) in [6.07, 6.45) is 1.05. The van der Waals surface area contributed by atoms with Gasteiger partial charge in [0.1, 0.15) is 11.3 Å². The van der Waals surface area contributed by atoms with Crippen LogP contribution in [0.15, 0.2) is 77.7 Å². The van der Waals surface area contributed by atoms with Gasteiger partial charge in [-0.25, -0.2) is 13.6 Å². The molecule has 0 spiro atoms. The third kappa shape index (κ3) is 3.23. The maximum atomic E-state index is 15.5. The van der Waals surface area contributed by atoms with Gasteiger partial charge in [-0.15, -0.1) is 0 Å². The number of fused-ring (bicyclic) bond motifs is 1. The van der Waals surface area contributed by atoms with Gasteiger partial charge in [0, 0.05) is 17.6 Å². The number of hydrogen-bond donors (Lipinski definition) is 2. The number of pyridine rings is 1. The standard InChI is InChI=1S/C22H14F2N2O3/c23-17-11-15-20(18(24)19(17)25-13-7-3-1-4-8-13)26(14-9-5-2-6-10-14)12-16(21(15)27)22(28)29/h1-12,25H,(H,28,29). The molecule has 0 aliphatic carbocycles. The van der Waals surface area contributed by atoms with Crippen LogP contribution in [-0.4, -0.2) is 15.6 Å². The number of halogens is 2. The van der Waals surface area contributed by atoms with E-state index in [-0.39, 0.29) is 10.9 Å². The number of aromatic carboxylic acids is 1. The van der Waals surface area contributed by atoms with Crippen LogP contribution in [0, 0.1) is 11.6 Å². The van der Waals surface area contributed by atoms with E-state index in [0.29, 0.717) is 11.4 Å². The van der Waals surface area contributed by atoms with Gasteiger partial charge in [-0.3, -0.25) is 4.79 Å². The van der Waals surface area contributed by atoms with Crippen molar-refractivity contribution in [2.75, 3.05) is 5.32 Å². The molecule has 0 aliphatic heterocycles. The molecule has 0 saturated carbocycles. The molecule has 0 amide bonds. The van der Waals surface area contributed by atoms with Gasteiger partial charge in [0.25, 0.3) is 0 Å². The summed E-state index contributed by atoms with van der Waals surface area (Å²) in [5, 5.41) is 11.7. The monoisotopic (exact) mass is 392 g/mol. The maximum Gasteiger partial charge on any atom is 0.341 e. The minimum atomic E-state index is -1.48. The highest BCUT2D eigenvalue weighted by atomic mass is 19.1. The van der Waals surface area contributed by atoms with Crippen LogP contribution in [0.1, 0.15) is 10.4 Å². The Morgan fingerprint density at radius 1 is 0.966 bits per heavy atom. The lowest BCUT2D eigenvalue weighted by Crippen LogP contribution is -2.20. The molecular weight excluding hydrogens is 378 g/mol. The first kappa shape index (κ1) is 18.4. The quantitative estimate of drug-likeness (QED) is 0.528. The Bertz CT molecular complexity index is 1290. The molecule has 0 fully saturated rings. The molecule has 0 aliphatic rings. The first-order chi connectivity index (χ1) is 14.0. The highest BCUT2D eigenvalue weighted by molar-refractivity contribution is 5.94. The Morgan fingerprint density at radius 2 is 1.59 bits per heavy atom. The summed E-state index contributed by atoms with van der Waals surface area (Å²) in [4.78, 5) is 24.1. The van der Waals surface area contributed by atoms with E-state index in [4.69, 9.17) is 0 Å². The van der Waals surface area contributed by atoms with Gasteiger partial charge in [-0.1, -0.05) is 36.4 Å². The topological polar surface area (TPSA) is 71.3 Å². The van der Waals surface area contributed by atoms with E-state index in [9.17, 15) is 19.1 Å². The van der Waals surface area contributed by atoms with Crippen molar-refractivity contribution in [1.82, 2.24) is 4.57 Å². The Hall–Kier alpha value is -4.00. The Labute approximate surface area is 163 Å².